The highest BCUT2D eigenvalue weighted by Crippen LogP contribution is 2.67. The van der Waals surface area contributed by atoms with Gasteiger partial charge < -0.3 is 25.0 Å². The highest BCUT2D eigenvalue weighted by molar-refractivity contribution is 5.86. The fourth-order valence-electron chi connectivity index (χ4n) is 8.00. The third-order valence-corrected chi connectivity index (χ3v) is 9.73. The Morgan fingerprint density at radius 1 is 1.10 bits per heavy atom. The van der Waals surface area contributed by atoms with E-state index in [0.29, 0.717) is 30.5 Å². The summed E-state index contributed by atoms with van der Waals surface area (Å²) >= 11 is 0. The normalized spacial score (nSPS) is 34.8. The fourth-order valence-corrected chi connectivity index (χ4v) is 8.00. The molecule has 2 saturated carbocycles. The minimum atomic E-state index is -0.932. The Balaban J connectivity index is 1.94. The van der Waals surface area contributed by atoms with Crippen molar-refractivity contribution in [1.29, 1.82) is 0 Å². The zero-order chi connectivity index (χ0) is 30.7. The minimum Gasteiger partial charge on any atom is -0.463 e. The van der Waals surface area contributed by atoms with Crippen molar-refractivity contribution in [1.82, 2.24) is 5.32 Å². The molecule has 0 bridgehead atoms. The van der Waals surface area contributed by atoms with Gasteiger partial charge in [-0.15, -0.1) is 0 Å². The summed E-state index contributed by atoms with van der Waals surface area (Å²) in [5.74, 6) is -0.807. The summed E-state index contributed by atoms with van der Waals surface area (Å²) in [7, 11) is 0. The second-order valence-corrected chi connectivity index (χ2v) is 12.7. The number of amides is 1. The predicted molar refractivity (Wildman–Crippen MR) is 163 cm³/mol. The summed E-state index contributed by atoms with van der Waals surface area (Å²) in [5, 5.41) is 26.1. The number of benzene rings is 1. The maximum Gasteiger partial charge on any atom is 0.407 e. The van der Waals surface area contributed by atoms with Crippen LogP contribution in [0.3, 0.4) is 0 Å². The molecular weight excluding hydrogens is 532 g/mol. The van der Waals surface area contributed by atoms with Crippen molar-refractivity contribution in [2.75, 3.05) is 13.2 Å². The molecule has 1 amide bonds. The molecule has 8 nitrogen and oxygen atoms in total. The molecule has 0 saturated heterocycles. The molecule has 7 unspecified atom stereocenters. The van der Waals surface area contributed by atoms with E-state index in [-0.39, 0.29) is 31.5 Å². The van der Waals surface area contributed by atoms with Crippen molar-refractivity contribution in [3.8, 4) is 0 Å². The lowest BCUT2D eigenvalue weighted by molar-refractivity contribution is -0.157. The summed E-state index contributed by atoms with van der Waals surface area (Å²) in [6, 6.07) is 9.19. The molecule has 1 aromatic carbocycles. The number of hydrogen-bond donors (Lipinski definition) is 3. The van der Waals surface area contributed by atoms with Crippen LogP contribution in [-0.2, 0) is 20.8 Å². The van der Waals surface area contributed by atoms with Crippen LogP contribution in [0.5, 0.6) is 0 Å². The molecule has 0 aliphatic heterocycles. The molecule has 3 aliphatic carbocycles. The molecule has 2 fully saturated rings. The van der Waals surface area contributed by atoms with E-state index in [1.807, 2.05) is 55.6 Å². The van der Waals surface area contributed by atoms with Crippen LogP contribution in [0.2, 0.25) is 0 Å². The quantitative estimate of drug-likeness (QED) is 0.178. The van der Waals surface area contributed by atoms with Crippen LogP contribution in [0.4, 0.5) is 4.79 Å². The number of esters is 1. The van der Waals surface area contributed by atoms with Crippen molar-refractivity contribution >= 4 is 18.3 Å². The monoisotopic (exact) mass is 578 g/mol. The number of hydrogen-bond acceptors (Lipinski definition) is 7. The van der Waals surface area contributed by atoms with Crippen molar-refractivity contribution < 1.29 is 29.3 Å². The molecule has 42 heavy (non-hydrogen) atoms. The van der Waals surface area contributed by atoms with Gasteiger partial charge in [-0.1, -0.05) is 69.8 Å². The van der Waals surface area contributed by atoms with E-state index >= 15 is 0 Å². The maximum absolute atomic E-state index is 13.1. The number of rotatable bonds is 7. The van der Waals surface area contributed by atoms with Gasteiger partial charge in [0.25, 0.3) is 0 Å². The van der Waals surface area contributed by atoms with Gasteiger partial charge in [0, 0.05) is 23.1 Å². The van der Waals surface area contributed by atoms with Gasteiger partial charge in [0.05, 0.1) is 38.0 Å². The molecule has 0 spiro atoms. The predicted octanol–water partition coefficient (Wildman–Crippen LogP) is 5.16. The first-order valence-electron chi connectivity index (χ1n) is 15.0. The van der Waals surface area contributed by atoms with Crippen LogP contribution in [0.15, 0.2) is 71.3 Å². The third-order valence-electron chi connectivity index (χ3n) is 9.73. The Labute approximate surface area is 249 Å². The molecule has 4 rings (SSSR count). The smallest absolute Gasteiger partial charge is 0.407 e. The largest absolute Gasteiger partial charge is 0.463 e. The Morgan fingerprint density at radius 2 is 1.79 bits per heavy atom. The van der Waals surface area contributed by atoms with E-state index in [4.69, 9.17) is 14.5 Å². The number of nitrogens with one attached hydrogen (secondary N) is 1. The molecule has 7 atom stereocenters. The lowest BCUT2D eigenvalue weighted by Gasteiger charge is -2.65. The van der Waals surface area contributed by atoms with E-state index in [0.717, 1.165) is 5.56 Å². The number of alkyl carbamates (subject to hydrolysis) is 1. The number of carbonyl (C=O) groups is 2. The van der Waals surface area contributed by atoms with Crippen LogP contribution in [0.1, 0.15) is 59.4 Å². The Morgan fingerprint density at radius 3 is 2.45 bits per heavy atom. The summed E-state index contributed by atoms with van der Waals surface area (Å²) in [5.41, 5.74) is 0.161. The number of ether oxygens (including phenoxy) is 2. The Hall–Kier alpha value is -3.23. The highest BCUT2D eigenvalue weighted by atomic mass is 16.5. The van der Waals surface area contributed by atoms with Crippen molar-refractivity contribution in [3.63, 3.8) is 0 Å². The highest BCUT2D eigenvalue weighted by Gasteiger charge is 2.66. The van der Waals surface area contributed by atoms with Crippen molar-refractivity contribution in [2.45, 2.75) is 78.7 Å². The Kier molecular flexibility index (Phi) is 9.48. The van der Waals surface area contributed by atoms with E-state index < -0.39 is 46.6 Å². The fraction of sp³-hybridized carbons (Fsp3) is 0.559. The molecular formula is C34H46N2O6. The molecule has 3 N–H and O–H groups in total. The minimum absolute atomic E-state index is 0.135. The van der Waals surface area contributed by atoms with E-state index in [9.17, 15) is 19.8 Å². The zero-order valence-electron chi connectivity index (χ0n) is 25.5. The van der Waals surface area contributed by atoms with Gasteiger partial charge in [-0.2, -0.15) is 0 Å². The molecule has 1 aromatic rings. The standard InChI is InChI=1S/C34H46N2O6/c1-7-41-29(39)17-25-26(36-31(40)42-8-2)16-12-15-24-30-32(4,5)18-27(37)22(3)33(30,6)28(38)19-34(24,25)21-35-20-23-13-10-9-11-14-23/h9-14,16-17,21,24,26-28,30,37-38H,3,7-8,15,18-20H2,1-2,4-6H3,(H,36,40)/b25-17+,35-21?. The zero-order valence-corrected chi connectivity index (χ0v) is 25.5. The number of fused-ring (bicyclic) bond motifs is 3. The van der Waals surface area contributed by atoms with Gasteiger partial charge in [-0.05, 0) is 67.1 Å². The molecule has 8 heteroatoms. The van der Waals surface area contributed by atoms with Gasteiger partial charge in [0.15, 0.2) is 0 Å². The van der Waals surface area contributed by atoms with Gasteiger partial charge >= 0.3 is 12.1 Å². The molecule has 3 aliphatic rings. The topological polar surface area (TPSA) is 117 Å². The SMILES string of the molecule is C=C1C(O)CC(C)(C)C2C3CC=CC(NC(=O)OCC)/C(=C\C(=O)OCC)C3(C=NCc3ccccc3)CC(O)C12C. The number of allylic oxidation sites excluding steroid dienone is 1. The first-order valence-corrected chi connectivity index (χ1v) is 15.0. The van der Waals surface area contributed by atoms with Gasteiger partial charge in [0.2, 0.25) is 0 Å². The number of aliphatic hydroxyl groups is 2. The Bertz CT molecular complexity index is 1250. The third kappa shape index (κ3) is 5.84. The van der Waals surface area contributed by atoms with Gasteiger partial charge in [-0.3, -0.25) is 4.99 Å². The summed E-state index contributed by atoms with van der Waals surface area (Å²) in [4.78, 5) is 30.8. The van der Waals surface area contributed by atoms with E-state index in [1.165, 1.54) is 6.08 Å². The van der Waals surface area contributed by atoms with Crippen molar-refractivity contribution in [3.05, 3.63) is 71.8 Å². The number of aliphatic imine (C=N–C) groups is 1. The van der Waals surface area contributed by atoms with E-state index in [1.54, 1.807) is 13.8 Å². The molecule has 0 aromatic heterocycles. The summed E-state index contributed by atoms with van der Waals surface area (Å²) < 4.78 is 10.6. The van der Waals surface area contributed by atoms with Crippen LogP contribution in [0.25, 0.3) is 0 Å². The van der Waals surface area contributed by atoms with Crippen molar-refractivity contribution in [2.24, 2.45) is 33.1 Å². The lowest BCUT2D eigenvalue weighted by atomic mass is 9.40. The van der Waals surface area contributed by atoms with E-state index in [2.05, 4.69) is 25.7 Å². The first-order chi connectivity index (χ1) is 19.9. The number of nitrogens with zero attached hydrogens (tertiary/aromatic N) is 1. The maximum atomic E-state index is 13.1. The van der Waals surface area contributed by atoms with Crippen LogP contribution in [-0.4, -0.2) is 60.0 Å². The first kappa shape index (κ1) is 31.7. The lowest BCUT2D eigenvalue weighted by Crippen LogP contribution is -2.65. The van der Waals surface area contributed by atoms with Crippen LogP contribution in [0, 0.1) is 28.1 Å². The van der Waals surface area contributed by atoms with Crippen LogP contribution < -0.4 is 5.32 Å². The molecule has 228 valence electrons. The van der Waals surface area contributed by atoms with Crippen LogP contribution >= 0.6 is 0 Å². The second kappa shape index (κ2) is 12.6. The summed E-state index contributed by atoms with van der Waals surface area (Å²) in [6.45, 7) is 14.9. The number of carbonyl (C=O) groups excluding carboxylic acids is 2. The average molecular weight is 579 g/mol. The summed E-state index contributed by atoms with van der Waals surface area (Å²) in [6.07, 6.45) is 6.37. The van der Waals surface area contributed by atoms with Gasteiger partial charge in [0.1, 0.15) is 0 Å². The molecule has 0 heterocycles. The average Bonchev–Trinajstić information content (AvgIpc) is 3.05. The molecule has 0 radical (unpaired) electrons. The van der Waals surface area contributed by atoms with Gasteiger partial charge in [-0.25, -0.2) is 9.59 Å². The number of aliphatic hydroxyl groups excluding tert-OH is 2. The second-order valence-electron chi connectivity index (χ2n) is 12.7.